The van der Waals surface area contributed by atoms with Crippen LogP contribution in [0.3, 0.4) is 0 Å². The Bertz CT molecular complexity index is 1680. The molecular weight excluding hydrogens is 524 g/mol. The molecule has 0 saturated carbocycles. The van der Waals surface area contributed by atoms with E-state index in [0.29, 0.717) is 10.9 Å². The average Bonchev–Trinajstić information content (AvgIpc) is 3.27. The molecule has 0 aliphatic rings. The standard InChI is InChI=1S/C37H43ClN2O/c1-23(2)24(3)40(28-18-19-30-29-12-10-11-13-33(29)41-34(30)22-28)32-21-26(37(7,8)9)20-31(35(32)38)39-27-16-14-25(15-17-27)36(4,5)6/h10-24,39H,1-9H3. The van der Waals surface area contributed by atoms with Crippen molar-refractivity contribution in [2.24, 2.45) is 5.92 Å². The van der Waals surface area contributed by atoms with Gasteiger partial charge in [0.05, 0.1) is 16.4 Å². The molecule has 0 aliphatic heterocycles. The van der Waals surface area contributed by atoms with Crippen LogP contribution in [0.25, 0.3) is 21.9 Å². The number of hydrogen-bond donors (Lipinski definition) is 1. The molecule has 1 atom stereocenters. The zero-order valence-electron chi connectivity index (χ0n) is 25.9. The Kier molecular flexibility index (Phi) is 7.63. The fraction of sp³-hybridized carbons (Fsp3) is 0.351. The minimum atomic E-state index is -0.0682. The van der Waals surface area contributed by atoms with Crippen molar-refractivity contribution in [1.82, 2.24) is 0 Å². The van der Waals surface area contributed by atoms with E-state index in [0.717, 1.165) is 44.7 Å². The van der Waals surface area contributed by atoms with Gasteiger partial charge in [-0.3, -0.25) is 0 Å². The van der Waals surface area contributed by atoms with Crippen LogP contribution >= 0.6 is 11.6 Å². The van der Waals surface area contributed by atoms with E-state index in [1.807, 2.05) is 12.1 Å². The van der Waals surface area contributed by atoms with Crippen LogP contribution in [0.4, 0.5) is 22.7 Å². The number of benzene rings is 4. The molecule has 0 radical (unpaired) electrons. The summed E-state index contributed by atoms with van der Waals surface area (Å²) in [7, 11) is 0. The fourth-order valence-electron chi connectivity index (χ4n) is 5.27. The molecule has 3 nitrogen and oxygen atoms in total. The van der Waals surface area contributed by atoms with Crippen molar-refractivity contribution in [2.75, 3.05) is 10.2 Å². The number of fused-ring (bicyclic) bond motifs is 3. The van der Waals surface area contributed by atoms with Gasteiger partial charge >= 0.3 is 0 Å². The SMILES string of the molecule is CC(C)C(C)N(c1ccc2c(c1)oc1ccccc12)c1cc(C(C)(C)C)cc(Nc2ccc(C(C)(C)C)cc2)c1Cl. The summed E-state index contributed by atoms with van der Waals surface area (Å²) >= 11 is 7.33. The molecule has 214 valence electrons. The molecule has 5 rings (SSSR count). The zero-order chi connectivity index (χ0) is 29.7. The number of furan rings is 1. The predicted molar refractivity (Wildman–Crippen MR) is 179 cm³/mol. The van der Waals surface area contributed by atoms with Crippen molar-refractivity contribution in [3.63, 3.8) is 0 Å². The number of hydrogen-bond acceptors (Lipinski definition) is 3. The van der Waals surface area contributed by atoms with Crippen LogP contribution in [0.5, 0.6) is 0 Å². The van der Waals surface area contributed by atoms with Gasteiger partial charge in [-0.1, -0.05) is 97.3 Å². The second kappa shape index (κ2) is 10.8. The summed E-state index contributed by atoms with van der Waals surface area (Å²) in [6.07, 6.45) is 0. The predicted octanol–water partition coefficient (Wildman–Crippen LogP) is 11.8. The molecule has 0 aliphatic carbocycles. The highest BCUT2D eigenvalue weighted by molar-refractivity contribution is 6.36. The third-order valence-corrected chi connectivity index (χ3v) is 8.62. The van der Waals surface area contributed by atoms with E-state index < -0.39 is 0 Å². The van der Waals surface area contributed by atoms with Gasteiger partial charge in [-0.2, -0.15) is 0 Å². The van der Waals surface area contributed by atoms with Crippen LogP contribution in [-0.2, 0) is 10.8 Å². The summed E-state index contributed by atoms with van der Waals surface area (Å²) in [6, 6.07) is 28.1. The van der Waals surface area contributed by atoms with Gasteiger partial charge in [0.2, 0.25) is 0 Å². The Hall–Kier alpha value is -3.43. The van der Waals surface area contributed by atoms with Crippen LogP contribution in [0, 0.1) is 5.92 Å². The third kappa shape index (κ3) is 5.83. The first-order valence-corrected chi connectivity index (χ1v) is 15.0. The van der Waals surface area contributed by atoms with Crippen LogP contribution < -0.4 is 10.2 Å². The van der Waals surface area contributed by atoms with E-state index in [4.69, 9.17) is 16.0 Å². The Morgan fingerprint density at radius 3 is 1.98 bits per heavy atom. The molecule has 1 N–H and O–H groups in total. The van der Waals surface area contributed by atoms with E-state index in [1.54, 1.807) is 0 Å². The first kappa shape index (κ1) is 29.1. The Morgan fingerprint density at radius 2 is 1.34 bits per heavy atom. The van der Waals surface area contributed by atoms with Crippen molar-refractivity contribution in [3.8, 4) is 0 Å². The summed E-state index contributed by atoms with van der Waals surface area (Å²) in [5.74, 6) is 0.386. The summed E-state index contributed by atoms with van der Waals surface area (Å²) in [4.78, 5) is 2.38. The smallest absolute Gasteiger partial charge is 0.137 e. The molecule has 0 saturated heterocycles. The number of rotatable bonds is 6. The minimum absolute atomic E-state index is 0.0682. The lowest BCUT2D eigenvalue weighted by atomic mass is 9.86. The van der Waals surface area contributed by atoms with Crippen LogP contribution in [0.15, 0.2) is 83.3 Å². The summed E-state index contributed by atoms with van der Waals surface area (Å²) in [6.45, 7) is 20.2. The molecule has 1 unspecified atom stereocenters. The molecule has 1 heterocycles. The van der Waals surface area contributed by atoms with Gasteiger partial charge in [0, 0.05) is 34.3 Å². The van der Waals surface area contributed by atoms with E-state index in [-0.39, 0.29) is 16.9 Å². The number of nitrogens with one attached hydrogen (secondary N) is 1. The van der Waals surface area contributed by atoms with Crippen molar-refractivity contribution in [1.29, 1.82) is 0 Å². The zero-order valence-corrected chi connectivity index (χ0v) is 26.6. The van der Waals surface area contributed by atoms with Crippen molar-refractivity contribution in [3.05, 3.63) is 95.0 Å². The molecule has 0 fully saturated rings. The van der Waals surface area contributed by atoms with E-state index in [9.17, 15) is 0 Å². The fourth-order valence-corrected chi connectivity index (χ4v) is 5.52. The van der Waals surface area contributed by atoms with Gasteiger partial charge in [0.25, 0.3) is 0 Å². The number of anilines is 4. The van der Waals surface area contributed by atoms with Crippen molar-refractivity contribution >= 4 is 56.3 Å². The second-order valence-corrected chi connectivity index (χ2v) is 14.1. The van der Waals surface area contributed by atoms with E-state index in [2.05, 4.69) is 139 Å². The lowest BCUT2D eigenvalue weighted by Gasteiger charge is -2.36. The lowest BCUT2D eigenvalue weighted by Crippen LogP contribution is -2.33. The van der Waals surface area contributed by atoms with E-state index >= 15 is 0 Å². The van der Waals surface area contributed by atoms with Crippen LogP contribution in [0.2, 0.25) is 5.02 Å². The van der Waals surface area contributed by atoms with Crippen LogP contribution in [0.1, 0.15) is 73.4 Å². The summed E-state index contributed by atoms with van der Waals surface area (Å²) in [5.41, 5.74) is 8.31. The molecule has 0 bridgehead atoms. The lowest BCUT2D eigenvalue weighted by molar-refractivity contribution is 0.518. The normalized spacial score (nSPS) is 13.2. The number of halogens is 1. The van der Waals surface area contributed by atoms with Crippen molar-refractivity contribution in [2.45, 2.75) is 79.2 Å². The second-order valence-electron chi connectivity index (χ2n) is 13.7. The number of nitrogens with zero attached hydrogens (tertiary/aromatic N) is 1. The van der Waals surface area contributed by atoms with Gasteiger partial charge < -0.3 is 14.6 Å². The molecule has 4 heteroatoms. The maximum absolute atomic E-state index is 7.33. The van der Waals surface area contributed by atoms with Gasteiger partial charge in [-0.05, 0) is 77.3 Å². The van der Waals surface area contributed by atoms with Gasteiger partial charge in [0.15, 0.2) is 0 Å². The molecule has 41 heavy (non-hydrogen) atoms. The molecule has 0 amide bonds. The van der Waals surface area contributed by atoms with Crippen LogP contribution in [-0.4, -0.2) is 6.04 Å². The first-order chi connectivity index (χ1) is 19.2. The topological polar surface area (TPSA) is 28.4 Å². The minimum Gasteiger partial charge on any atom is -0.456 e. The van der Waals surface area contributed by atoms with Gasteiger partial charge in [-0.25, -0.2) is 0 Å². The largest absolute Gasteiger partial charge is 0.456 e. The van der Waals surface area contributed by atoms with Crippen molar-refractivity contribution < 1.29 is 4.42 Å². The van der Waals surface area contributed by atoms with Gasteiger partial charge in [-0.15, -0.1) is 0 Å². The molecule has 5 aromatic rings. The molecule has 4 aromatic carbocycles. The quantitative estimate of drug-likeness (QED) is 0.221. The summed E-state index contributed by atoms with van der Waals surface area (Å²) < 4.78 is 6.29. The monoisotopic (exact) mass is 566 g/mol. The Morgan fingerprint density at radius 1 is 0.707 bits per heavy atom. The van der Waals surface area contributed by atoms with Gasteiger partial charge in [0.1, 0.15) is 11.2 Å². The third-order valence-electron chi connectivity index (χ3n) is 8.22. The first-order valence-electron chi connectivity index (χ1n) is 14.7. The highest BCUT2D eigenvalue weighted by Crippen LogP contribution is 2.44. The number of para-hydroxylation sites is 1. The maximum atomic E-state index is 7.33. The molecule has 1 aromatic heterocycles. The average molecular weight is 567 g/mol. The highest BCUT2D eigenvalue weighted by atomic mass is 35.5. The Balaban J connectivity index is 1.66. The molecular formula is C37H43ClN2O. The Labute approximate surface area is 250 Å². The maximum Gasteiger partial charge on any atom is 0.137 e. The highest BCUT2D eigenvalue weighted by Gasteiger charge is 2.27. The summed E-state index contributed by atoms with van der Waals surface area (Å²) in [5, 5.41) is 6.61. The van der Waals surface area contributed by atoms with E-state index in [1.165, 1.54) is 11.1 Å². The molecule has 0 spiro atoms.